The Morgan fingerprint density at radius 2 is 2.36 bits per heavy atom. The molecule has 1 aromatic heterocycles. The van der Waals surface area contributed by atoms with Crippen LogP contribution >= 0.6 is 0 Å². The first-order valence-corrected chi connectivity index (χ1v) is 4.36. The predicted molar refractivity (Wildman–Crippen MR) is 52.8 cm³/mol. The lowest BCUT2D eigenvalue weighted by molar-refractivity contribution is -0.138. The SMILES string of the molecule is Cc1ncccc1[C@](C)(N)CC(=O)O. The molecule has 1 aromatic rings. The molecule has 4 nitrogen and oxygen atoms in total. The minimum atomic E-state index is -0.904. The summed E-state index contributed by atoms with van der Waals surface area (Å²) in [5.74, 6) is -0.904. The van der Waals surface area contributed by atoms with Gasteiger partial charge in [-0.15, -0.1) is 0 Å². The highest BCUT2D eigenvalue weighted by molar-refractivity contribution is 5.68. The van der Waals surface area contributed by atoms with E-state index in [1.54, 1.807) is 19.2 Å². The van der Waals surface area contributed by atoms with Gasteiger partial charge in [-0.2, -0.15) is 0 Å². The Hall–Kier alpha value is -1.42. The van der Waals surface area contributed by atoms with E-state index < -0.39 is 11.5 Å². The number of rotatable bonds is 3. The number of aromatic nitrogens is 1. The van der Waals surface area contributed by atoms with Gasteiger partial charge >= 0.3 is 5.97 Å². The van der Waals surface area contributed by atoms with Crippen LogP contribution in [-0.4, -0.2) is 16.1 Å². The van der Waals surface area contributed by atoms with Crippen LogP contribution < -0.4 is 5.73 Å². The van der Waals surface area contributed by atoms with E-state index in [2.05, 4.69) is 4.98 Å². The number of aryl methyl sites for hydroxylation is 1. The van der Waals surface area contributed by atoms with Crippen molar-refractivity contribution in [3.63, 3.8) is 0 Å². The van der Waals surface area contributed by atoms with E-state index in [0.29, 0.717) is 0 Å². The van der Waals surface area contributed by atoms with Crippen molar-refractivity contribution in [1.29, 1.82) is 0 Å². The topological polar surface area (TPSA) is 76.2 Å². The largest absolute Gasteiger partial charge is 0.481 e. The number of carbonyl (C=O) groups is 1. The average molecular weight is 194 g/mol. The quantitative estimate of drug-likeness (QED) is 0.753. The number of nitrogens with zero attached hydrogens (tertiary/aromatic N) is 1. The summed E-state index contributed by atoms with van der Waals surface area (Å²) < 4.78 is 0. The zero-order valence-corrected chi connectivity index (χ0v) is 8.32. The first-order chi connectivity index (χ1) is 6.43. The van der Waals surface area contributed by atoms with Crippen LogP contribution in [-0.2, 0) is 10.3 Å². The van der Waals surface area contributed by atoms with Crippen molar-refractivity contribution in [1.82, 2.24) is 4.98 Å². The van der Waals surface area contributed by atoms with Gasteiger partial charge in [0.2, 0.25) is 0 Å². The van der Waals surface area contributed by atoms with Gasteiger partial charge in [-0.25, -0.2) is 0 Å². The molecule has 0 amide bonds. The van der Waals surface area contributed by atoms with E-state index in [-0.39, 0.29) is 6.42 Å². The predicted octanol–water partition coefficient (Wildman–Crippen LogP) is 1.04. The Morgan fingerprint density at radius 3 is 2.86 bits per heavy atom. The summed E-state index contributed by atoms with van der Waals surface area (Å²) in [4.78, 5) is 14.7. The molecule has 0 spiro atoms. The number of hydrogen-bond donors (Lipinski definition) is 2. The number of carboxylic acids is 1. The van der Waals surface area contributed by atoms with Gasteiger partial charge < -0.3 is 10.8 Å². The van der Waals surface area contributed by atoms with E-state index >= 15 is 0 Å². The van der Waals surface area contributed by atoms with Gasteiger partial charge in [-0.1, -0.05) is 6.07 Å². The zero-order valence-electron chi connectivity index (χ0n) is 8.32. The molecule has 0 aliphatic carbocycles. The van der Waals surface area contributed by atoms with E-state index in [0.717, 1.165) is 11.3 Å². The van der Waals surface area contributed by atoms with Crippen LogP contribution in [0.3, 0.4) is 0 Å². The molecule has 0 fully saturated rings. The summed E-state index contributed by atoms with van der Waals surface area (Å²) in [6.07, 6.45) is 1.56. The second-order valence-electron chi connectivity index (χ2n) is 3.62. The molecule has 1 rings (SSSR count). The van der Waals surface area contributed by atoms with Crippen LogP contribution in [0.25, 0.3) is 0 Å². The van der Waals surface area contributed by atoms with Crippen molar-refractivity contribution in [2.24, 2.45) is 5.73 Å². The summed E-state index contributed by atoms with van der Waals surface area (Å²) >= 11 is 0. The van der Waals surface area contributed by atoms with E-state index in [4.69, 9.17) is 10.8 Å². The van der Waals surface area contributed by atoms with Gasteiger partial charge in [-0.3, -0.25) is 9.78 Å². The molecular formula is C10H14N2O2. The van der Waals surface area contributed by atoms with Crippen LogP contribution in [0.15, 0.2) is 18.3 Å². The molecule has 0 radical (unpaired) electrons. The third kappa shape index (κ3) is 2.29. The summed E-state index contributed by atoms with van der Waals surface area (Å²) in [5.41, 5.74) is 6.62. The van der Waals surface area contributed by atoms with Crippen LogP contribution in [0, 0.1) is 6.92 Å². The molecule has 0 unspecified atom stereocenters. The zero-order chi connectivity index (χ0) is 10.8. The Kier molecular flexibility index (Phi) is 2.86. The number of pyridine rings is 1. The molecule has 0 aliphatic heterocycles. The lowest BCUT2D eigenvalue weighted by atomic mass is 9.89. The maximum absolute atomic E-state index is 10.6. The van der Waals surface area contributed by atoms with Crippen molar-refractivity contribution < 1.29 is 9.90 Å². The van der Waals surface area contributed by atoms with E-state index in [1.165, 1.54) is 0 Å². The number of aliphatic carboxylic acids is 1. The lowest BCUT2D eigenvalue weighted by Gasteiger charge is -2.24. The fourth-order valence-corrected chi connectivity index (χ4v) is 1.50. The molecule has 0 saturated carbocycles. The molecule has 3 N–H and O–H groups in total. The highest BCUT2D eigenvalue weighted by Gasteiger charge is 2.26. The van der Waals surface area contributed by atoms with Gasteiger partial charge in [0.25, 0.3) is 0 Å². The second kappa shape index (κ2) is 3.75. The van der Waals surface area contributed by atoms with Gasteiger partial charge in [0, 0.05) is 11.9 Å². The summed E-state index contributed by atoms with van der Waals surface area (Å²) in [6.45, 7) is 3.52. The fourth-order valence-electron chi connectivity index (χ4n) is 1.50. The van der Waals surface area contributed by atoms with Crippen molar-refractivity contribution in [2.75, 3.05) is 0 Å². The van der Waals surface area contributed by atoms with Crippen molar-refractivity contribution in [3.05, 3.63) is 29.6 Å². The summed E-state index contributed by atoms with van der Waals surface area (Å²) in [6, 6.07) is 3.57. The third-order valence-corrected chi connectivity index (χ3v) is 2.14. The molecule has 0 aromatic carbocycles. The van der Waals surface area contributed by atoms with Crippen molar-refractivity contribution >= 4 is 5.97 Å². The minimum Gasteiger partial charge on any atom is -0.481 e. The fraction of sp³-hybridized carbons (Fsp3) is 0.400. The van der Waals surface area contributed by atoms with Crippen LogP contribution in [0.5, 0.6) is 0 Å². The molecule has 76 valence electrons. The Balaban J connectivity index is 3.03. The second-order valence-corrected chi connectivity index (χ2v) is 3.62. The minimum absolute atomic E-state index is 0.0977. The lowest BCUT2D eigenvalue weighted by Crippen LogP contribution is -2.36. The molecule has 0 aliphatic rings. The normalized spacial score (nSPS) is 14.8. The third-order valence-electron chi connectivity index (χ3n) is 2.14. The van der Waals surface area contributed by atoms with Gasteiger partial charge in [-0.05, 0) is 25.5 Å². The monoisotopic (exact) mass is 194 g/mol. The Labute approximate surface area is 82.8 Å². The van der Waals surface area contributed by atoms with E-state index in [1.807, 2.05) is 13.0 Å². The molecule has 4 heteroatoms. The van der Waals surface area contributed by atoms with Gasteiger partial charge in [0.15, 0.2) is 0 Å². The number of carboxylic acid groups (broad SMARTS) is 1. The molecule has 0 bridgehead atoms. The summed E-state index contributed by atoms with van der Waals surface area (Å²) in [7, 11) is 0. The number of nitrogens with two attached hydrogens (primary N) is 1. The molecule has 1 heterocycles. The molecule has 14 heavy (non-hydrogen) atoms. The van der Waals surface area contributed by atoms with Gasteiger partial charge in [0.05, 0.1) is 12.0 Å². The first kappa shape index (κ1) is 10.7. The highest BCUT2D eigenvalue weighted by atomic mass is 16.4. The first-order valence-electron chi connectivity index (χ1n) is 4.36. The van der Waals surface area contributed by atoms with Crippen LogP contribution in [0.1, 0.15) is 24.6 Å². The molecule has 0 saturated heterocycles. The molecular weight excluding hydrogens is 180 g/mol. The highest BCUT2D eigenvalue weighted by Crippen LogP contribution is 2.23. The maximum Gasteiger partial charge on any atom is 0.305 e. The Morgan fingerprint density at radius 1 is 1.71 bits per heavy atom. The van der Waals surface area contributed by atoms with E-state index in [9.17, 15) is 4.79 Å². The average Bonchev–Trinajstić information content (AvgIpc) is 2.02. The summed E-state index contributed by atoms with van der Waals surface area (Å²) in [5, 5.41) is 8.70. The smallest absolute Gasteiger partial charge is 0.305 e. The maximum atomic E-state index is 10.6. The molecule has 1 atom stereocenters. The van der Waals surface area contributed by atoms with Crippen molar-refractivity contribution in [3.8, 4) is 0 Å². The van der Waals surface area contributed by atoms with Crippen LogP contribution in [0.2, 0.25) is 0 Å². The Bertz CT molecular complexity index is 348. The van der Waals surface area contributed by atoms with Crippen LogP contribution in [0.4, 0.5) is 0 Å². The van der Waals surface area contributed by atoms with Gasteiger partial charge in [0.1, 0.15) is 0 Å². The van der Waals surface area contributed by atoms with Crippen molar-refractivity contribution in [2.45, 2.75) is 25.8 Å². The standard InChI is InChI=1S/C10H14N2O2/c1-7-8(4-3-5-12-7)10(2,11)6-9(13)14/h3-5H,6,11H2,1-2H3,(H,13,14)/t10-/m1/s1. The number of hydrogen-bond acceptors (Lipinski definition) is 3.